The molecule has 0 bridgehead atoms. The Bertz CT molecular complexity index is 756. The first-order valence-electron chi connectivity index (χ1n) is 7.97. The van der Waals surface area contributed by atoms with Gasteiger partial charge in [0.15, 0.2) is 12.4 Å². The van der Waals surface area contributed by atoms with Gasteiger partial charge in [0.25, 0.3) is 11.8 Å². The summed E-state index contributed by atoms with van der Waals surface area (Å²) in [7, 11) is 0. The van der Waals surface area contributed by atoms with Crippen molar-refractivity contribution in [3.8, 4) is 5.75 Å². The fourth-order valence-corrected chi connectivity index (χ4v) is 2.71. The Kier molecular flexibility index (Phi) is 4.51. The third-order valence-corrected chi connectivity index (χ3v) is 3.95. The first-order chi connectivity index (χ1) is 11.6. The summed E-state index contributed by atoms with van der Waals surface area (Å²) in [6.45, 7) is 4.42. The summed E-state index contributed by atoms with van der Waals surface area (Å²) in [6, 6.07) is 15.1. The minimum Gasteiger partial charge on any atom is -0.481 e. The van der Waals surface area contributed by atoms with Crippen LogP contribution in [0.4, 0.5) is 5.69 Å². The summed E-state index contributed by atoms with van der Waals surface area (Å²) >= 11 is 0. The molecule has 5 heteroatoms. The second kappa shape index (κ2) is 6.74. The molecule has 1 N–H and O–H groups in total. The molecule has 0 saturated heterocycles. The molecule has 5 nitrogen and oxygen atoms in total. The molecule has 3 rings (SSSR count). The standard InChI is InChI=1S/C19H20N2O3/c1-13(2)21(11-14-7-4-3-5-8-14)19(23)15-9-6-10-16-18(15)24-12-17(22)20-16/h3-10,13H,11-12H2,1-2H3,(H,20,22). The molecule has 0 unspecified atom stereocenters. The monoisotopic (exact) mass is 324 g/mol. The average molecular weight is 324 g/mol. The molecule has 1 heterocycles. The molecule has 24 heavy (non-hydrogen) atoms. The van der Waals surface area contributed by atoms with Gasteiger partial charge >= 0.3 is 0 Å². The molecule has 0 fully saturated rings. The first kappa shape index (κ1) is 16.1. The molecule has 0 spiro atoms. The van der Waals surface area contributed by atoms with Crippen LogP contribution in [0.5, 0.6) is 5.75 Å². The van der Waals surface area contributed by atoms with Gasteiger partial charge in [-0.05, 0) is 31.5 Å². The number of anilines is 1. The number of ether oxygens (including phenoxy) is 1. The van der Waals surface area contributed by atoms with E-state index in [1.54, 1.807) is 23.1 Å². The zero-order chi connectivity index (χ0) is 17.1. The van der Waals surface area contributed by atoms with Crippen LogP contribution in [-0.4, -0.2) is 29.4 Å². The van der Waals surface area contributed by atoms with Crippen LogP contribution in [0.15, 0.2) is 48.5 Å². The van der Waals surface area contributed by atoms with E-state index in [2.05, 4.69) is 5.32 Å². The number of amides is 2. The van der Waals surface area contributed by atoms with E-state index in [9.17, 15) is 9.59 Å². The average Bonchev–Trinajstić information content (AvgIpc) is 2.59. The zero-order valence-electron chi connectivity index (χ0n) is 13.8. The third-order valence-electron chi connectivity index (χ3n) is 3.95. The third kappa shape index (κ3) is 3.25. The summed E-state index contributed by atoms with van der Waals surface area (Å²) in [4.78, 5) is 26.3. The fraction of sp³-hybridized carbons (Fsp3) is 0.263. The minimum absolute atomic E-state index is 0.0340. The van der Waals surface area contributed by atoms with E-state index >= 15 is 0 Å². The second-order valence-corrected chi connectivity index (χ2v) is 6.03. The highest BCUT2D eigenvalue weighted by Crippen LogP contribution is 2.32. The summed E-state index contributed by atoms with van der Waals surface area (Å²) in [5.74, 6) is 0.125. The van der Waals surface area contributed by atoms with E-state index in [1.807, 2.05) is 44.2 Å². The van der Waals surface area contributed by atoms with Gasteiger partial charge in [-0.15, -0.1) is 0 Å². The molecular weight excluding hydrogens is 304 g/mol. The van der Waals surface area contributed by atoms with Gasteiger partial charge in [-0.2, -0.15) is 0 Å². The number of carbonyl (C=O) groups is 2. The van der Waals surface area contributed by atoms with Crippen molar-refractivity contribution in [2.24, 2.45) is 0 Å². The van der Waals surface area contributed by atoms with Gasteiger partial charge in [0.05, 0.1) is 11.3 Å². The molecule has 0 radical (unpaired) electrons. The van der Waals surface area contributed by atoms with Crippen molar-refractivity contribution in [2.75, 3.05) is 11.9 Å². The van der Waals surface area contributed by atoms with Crippen LogP contribution in [0.1, 0.15) is 29.8 Å². The van der Waals surface area contributed by atoms with E-state index in [0.717, 1.165) is 5.56 Å². The van der Waals surface area contributed by atoms with E-state index < -0.39 is 0 Å². The van der Waals surface area contributed by atoms with Crippen LogP contribution in [0.2, 0.25) is 0 Å². The van der Waals surface area contributed by atoms with E-state index in [1.165, 1.54) is 0 Å². The largest absolute Gasteiger partial charge is 0.481 e. The van der Waals surface area contributed by atoms with Crippen LogP contribution in [-0.2, 0) is 11.3 Å². The van der Waals surface area contributed by atoms with E-state index in [4.69, 9.17) is 4.74 Å². The van der Waals surface area contributed by atoms with Crippen molar-refractivity contribution in [2.45, 2.75) is 26.4 Å². The normalized spacial score (nSPS) is 13.0. The highest BCUT2D eigenvalue weighted by Gasteiger charge is 2.26. The number of benzene rings is 2. The van der Waals surface area contributed by atoms with Crippen molar-refractivity contribution in [1.82, 2.24) is 4.90 Å². The highest BCUT2D eigenvalue weighted by atomic mass is 16.5. The summed E-state index contributed by atoms with van der Waals surface area (Å²) in [6.07, 6.45) is 0. The number of rotatable bonds is 4. The molecule has 2 amide bonds. The lowest BCUT2D eigenvalue weighted by Crippen LogP contribution is -2.37. The van der Waals surface area contributed by atoms with Crippen LogP contribution in [0.25, 0.3) is 0 Å². The molecule has 2 aromatic rings. The molecule has 2 aromatic carbocycles. The number of carbonyl (C=O) groups excluding carboxylic acids is 2. The van der Waals surface area contributed by atoms with E-state index in [-0.39, 0.29) is 24.5 Å². The molecule has 0 atom stereocenters. The van der Waals surface area contributed by atoms with Gasteiger partial charge in [-0.25, -0.2) is 0 Å². The lowest BCUT2D eigenvalue weighted by Gasteiger charge is -2.29. The molecular formula is C19H20N2O3. The van der Waals surface area contributed by atoms with Crippen molar-refractivity contribution >= 4 is 17.5 Å². The second-order valence-electron chi connectivity index (χ2n) is 6.03. The van der Waals surface area contributed by atoms with Crippen molar-refractivity contribution < 1.29 is 14.3 Å². The highest BCUT2D eigenvalue weighted by molar-refractivity contribution is 6.03. The Morgan fingerprint density at radius 3 is 2.62 bits per heavy atom. The predicted molar refractivity (Wildman–Crippen MR) is 92.0 cm³/mol. The molecule has 1 aliphatic rings. The smallest absolute Gasteiger partial charge is 0.262 e. The number of nitrogens with one attached hydrogen (secondary N) is 1. The van der Waals surface area contributed by atoms with Gasteiger partial charge < -0.3 is 15.0 Å². The maximum Gasteiger partial charge on any atom is 0.262 e. The number of fused-ring (bicyclic) bond motifs is 1. The van der Waals surface area contributed by atoms with Crippen LogP contribution in [0, 0.1) is 0 Å². The lowest BCUT2D eigenvalue weighted by molar-refractivity contribution is -0.118. The Hall–Kier alpha value is -2.82. The van der Waals surface area contributed by atoms with Crippen LogP contribution < -0.4 is 10.1 Å². The van der Waals surface area contributed by atoms with Crippen molar-refractivity contribution in [1.29, 1.82) is 0 Å². The quantitative estimate of drug-likeness (QED) is 0.940. The molecule has 0 saturated carbocycles. The molecule has 1 aliphatic heterocycles. The van der Waals surface area contributed by atoms with Crippen molar-refractivity contribution in [3.05, 3.63) is 59.7 Å². The minimum atomic E-state index is -0.211. The summed E-state index contributed by atoms with van der Waals surface area (Å²) < 4.78 is 5.51. The Labute approximate surface area is 141 Å². The van der Waals surface area contributed by atoms with Crippen molar-refractivity contribution in [3.63, 3.8) is 0 Å². The topological polar surface area (TPSA) is 58.6 Å². The predicted octanol–water partition coefficient (Wildman–Crippen LogP) is 3.07. The number of hydrogen-bond donors (Lipinski definition) is 1. The van der Waals surface area contributed by atoms with Gasteiger partial charge in [0.1, 0.15) is 0 Å². The lowest BCUT2D eigenvalue weighted by atomic mass is 10.1. The molecule has 0 aromatic heterocycles. The summed E-state index contributed by atoms with van der Waals surface area (Å²) in [5.41, 5.74) is 2.08. The maximum atomic E-state index is 13.1. The zero-order valence-corrected chi connectivity index (χ0v) is 13.8. The number of para-hydroxylation sites is 1. The Balaban J connectivity index is 1.91. The summed E-state index contributed by atoms with van der Waals surface area (Å²) in [5, 5.41) is 2.74. The molecule has 124 valence electrons. The van der Waals surface area contributed by atoms with Crippen LogP contribution in [0.3, 0.4) is 0 Å². The van der Waals surface area contributed by atoms with Gasteiger partial charge in [0, 0.05) is 12.6 Å². The number of nitrogens with zero attached hydrogens (tertiary/aromatic N) is 1. The Morgan fingerprint density at radius 2 is 1.92 bits per heavy atom. The maximum absolute atomic E-state index is 13.1. The number of hydrogen-bond acceptors (Lipinski definition) is 3. The Morgan fingerprint density at radius 1 is 1.17 bits per heavy atom. The van der Waals surface area contributed by atoms with Gasteiger partial charge in [0.2, 0.25) is 0 Å². The SMILES string of the molecule is CC(C)N(Cc1ccccc1)C(=O)c1cccc2c1OCC(=O)N2. The van der Waals surface area contributed by atoms with E-state index in [0.29, 0.717) is 23.5 Å². The van der Waals surface area contributed by atoms with Gasteiger partial charge in [-0.1, -0.05) is 36.4 Å². The first-order valence-corrected chi connectivity index (χ1v) is 7.97. The van der Waals surface area contributed by atoms with Crippen LogP contribution >= 0.6 is 0 Å². The van der Waals surface area contributed by atoms with Gasteiger partial charge in [-0.3, -0.25) is 9.59 Å². The molecule has 0 aliphatic carbocycles. The fourth-order valence-electron chi connectivity index (χ4n) is 2.71.